The van der Waals surface area contributed by atoms with E-state index in [1.54, 1.807) is 0 Å². The minimum Gasteiger partial charge on any atom is -0.475 e. The van der Waals surface area contributed by atoms with Crippen LogP contribution in [0.2, 0.25) is 0 Å². The highest BCUT2D eigenvalue weighted by atomic mass is 19.4. The number of ether oxygens (including phenoxy) is 1. The molecule has 2 fully saturated rings. The maximum atomic E-state index is 12.8. The number of carboxylic acid groups (broad SMARTS) is 2. The fourth-order valence-electron chi connectivity index (χ4n) is 4.77. The SMILES string of the molecule is CN(Cc1cccnc1)CC1CCC2(CN(C(=O)c3cc4ccccc4[nH]3)C2)OC1.O=C(O)C(F)(F)F.O=C(O)C(F)(F)F. The average Bonchev–Trinajstić information content (AvgIpc) is 3.37. The molecule has 0 bridgehead atoms. The third-order valence-corrected chi connectivity index (χ3v) is 6.87. The van der Waals surface area contributed by atoms with Gasteiger partial charge in [0.25, 0.3) is 5.91 Å². The van der Waals surface area contributed by atoms with E-state index in [9.17, 15) is 31.1 Å². The first kappa shape index (κ1) is 34.3. The molecule has 10 nitrogen and oxygen atoms in total. The van der Waals surface area contributed by atoms with Crippen LogP contribution in [0, 0.1) is 5.92 Å². The number of H-pyrrole nitrogens is 1. The van der Waals surface area contributed by atoms with Crippen molar-refractivity contribution in [2.45, 2.75) is 37.3 Å². The van der Waals surface area contributed by atoms with Gasteiger partial charge in [-0.3, -0.25) is 9.78 Å². The van der Waals surface area contributed by atoms with Gasteiger partial charge in [0, 0.05) is 36.4 Å². The van der Waals surface area contributed by atoms with Crippen LogP contribution in [0.1, 0.15) is 28.9 Å². The van der Waals surface area contributed by atoms with Crippen LogP contribution in [0.15, 0.2) is 54.9 Å². The van der Waals surface area contributed by atoms with E-state index in [1.165, 1.54) is 5.56 Å². The zero-order chi connectivity index (χ0) is 32.7. The van der Waals surface area contributed by atoms with Crippen molar-refractivity contribution in [3.8, 4) is 0 Å². The van der Waals surface area contributed by atoms with E-state index in [0.29, 0.717) is 24.7 Å². The van der Waals surface area contributed by atoms with Crippen molar-refractivity contribution < 1.29 is 55.7 Å². The molecule has 2 saturated heterocycles. The standard InChI is InChI=1S/C24H28N4O2.2C2HF3O2/c1-27(13-18-5-4-10-25-12-18)14-19-8-9-24(30-15-19)16-28(17-24)23(29)22-11-20-6-2-3-7-21(20)26-22;2*3-2(4,5)1(6)7/h2-7,10-12,19,26H,8-9,13-17H2,1H3;2*(H,6,7). The third kappa shape index (κ3) is 9.67. The number of benzene rings is 1. The van der Waals surface area contributed by atoms with Crippen molar-refractivity contribution in [3.63, 3.8) is 0 Å². The number of carbonyl (C=O) groups is 3. The number of halogens is 6. The Bertz CT molecular complexity index is 1360. The number of hydrogen-bond acceptors (Lipinski definition) is 6. The molecule has 0 radical (unpaired) electrons. The molecule has 1 unspecified atom stereocenters. The van der Waals surface area contributed by atoms with Gasteiger partial charge in [-0.2, -0.15) is 26.3 Å². The van der Waals surface area contributed by atoms with Gasteiger partial charge in [0.15, 0.2) is 0 Å². The Kier molecular flexibility index (Phi) is 11.0. The molecule has 1 amide bonds. The molecular weight excluding hydrogens is 602 g/mol. The number of rotatable bonds is 5. The lowest BCUT2D eigenvalue weighted by Crippen LogP contribution is -2.66. The summed E-state index contributed by atoms with van der Waals surface area (Å²) in [6, 6.07) is 14.0. The minimum absolute atomic E-state index is 0.0683. The number of aliphatic carboxylic acids is 2. The van der Waals surface area contributed by atoms with E-state index < -0.39 is 24.3 Å². The number of fused-ring (bicyclic) bond motifs is 1. The predicted octanol–water partition coefficient (Wildman–Crippen LogP) is 4.58. The summed E-state index contributed by atoms with van der Waals surface area (Å²) in [5, 5.41) is 15.3. The molecule has 4 heterocycles. The van der Waals surface area contributed by atoms with Gasteiger partial charge in [0.2, 0.25) is 0 Å². The van der Waals surface area contributed by atoms with Crippen molar-refractivity contribution >= 4 is 28.7 Å². The highest BCUT2D eigenvalue weighted by Gasteiger charge is 2.48. The first-order valence-corrected chi connectivity index (χ1v) is 13.2. The van der Waals surface area contributed by atoms with Crippen LogP contribution in [-0.2, 0) is 20.9 Å². The number of aromatic nitrogens is 2. The zero-order valence-corrected chi connectivity index (χ0v) is 23.4. The Balaban J connectivity index is 0.000000317. The number of para-hydroxylation sites is 1. The van der Waals surface area contributed by atoms with E-state index >= 15 is 0 Å². The number of pyridine rings is 1. The van der Waals surface area contributed by atoms with Gasteiger partial charge in [0.05, 0.1) is 19.7 Å². The van der Waals surface area contributed by atoms with Crippen LogP contribution >= 0.6 is 0 Å². The molecule has 16 heteroatoms. The molecule has 1 aromatic carbocycles. The number of aromatic amines is 1. The van der Waals surface area contributed by atoms with Gasteiger partial charge >= 0.3 is 24.3 Å². The van der Waals surface area contributed by atoms with Crippen LogP contribution in [0.25, 0.3) is 10.9 Å². The summed E-state index contributed by atoms with van der Waals surface area (Å²) in [6.45, 7) is 4.08. The largest absolute Gasteiger partial charge is 0.490 e. The van der Waals surface area contributed by atoms with E-state index in [0.717, 1.165) is 43.4 Å². The Morgan fingerprint density at radius 3 is 2.16 bits per heavy atom. The summed E-state index contributed by atoms with van der Waals surface area (Å²) >= 11 is 0. The van der Waals surface area contributed by atoms with Gasteiger partial charge in [-0.05, 0) is 49.6 Å². The molecule has 5 rings (SSSR count). The molecule has 2 aromatic heterocycles. The lowest BCUT2D eigenvalue weighted by Gasteiger charge is -2.52. The van der Waals surface area contributed by atoms with E-state index in [2.05, 4.69) is 28.0 Å². The molecule has 0 saturated carbocycles. The fourth-order valence-corrected chi connectivity index (χ4v) is 4.77. The number of nitrogens with zero attached hydrogens (tertiary/aromatic N) is 3. The van der Waals surface area contributed by atoms with Crippen LogP contribution in [-0.4, -0.2) is 99.1 Å². The monoisotopic (exact) mass is 632 g/mol. The Labute approximate surface area is 247 Å². The van der Waals surface area contributed by atoms with Crippen molar-refractivity contribution in [1.29, 1.82) is 0 Å². The number of hydrogen-bond donors (Lipinski definition) is 3. The topological polar surface area (TPSA) is 136 Å². The third-order valence-electron chi connectivity index (χ3n) is 6.87. The molecule has 3 N–H and O–H groups in total. The van der Waals surface area contributed by atoms with Crippen LogP contribution in [0.5, 0.6) is 0 Å². The Morgan fingerprint density at radius 1 is 1.05 bits per heavy atom. The minimum atomic E-state index is -5.08. The van der Waals surface area contributed by atoms with E-state index in [1.807, 2.05) is 53.7 Å². The fraction of sp³-hybridized carbons (Fsp3) is 0.429. The number of likely N-dealkylation sites (tertiary alicyclic amines) is 1. The Hall–Kier alpha value is -4.18. The number of amides is 1. The second kappa shape index (κ2) is 14.1. The molecule has 2 aliphatic heterocycles. The summed E-state index contributed by atoms with van der Waals surface area (Å²) in [4.78, 5) is 42.3. The maximum Gasteiger partial charge on any atom is 0.490 e. The second-order valence-corrected chi connectivity index (χ2v) is 10.5. The van der Waals surface area contributed by atoms with Crippen molar-refractivity contribution in [3.05, 3.63) is 66.1 Å². The first-order valence-electron chi connectivity index (χ1n) is 13.2. The lowest BCUT2D eigenvalue weighted by molar-refractivity contribution is -0.193. The van der Waals surface area contributed by atoms with Crippen molar-refractivity contribution in [1.82, 2.24) is 19.8 Å². The average molecular weight is 633 g/mol. The first-order chi connectivity index (χ1) is 20.5. The summed E-state index contributed by atoms with van der Waals surface area (Å²) in [7, 11) is 2.15. The van der Waals surface area contributed by atoms with E-state index in [-0.39, 0.29) is 11.5 Å². The molecule has 44 heavy (non-hydrogen) atoms. The molecule has 2 aliphatic rings. The van der Waals surface area contributed by atoms with Gasteiger partial charge in [-0.15, -0.1) is 0 Å². The summed E-state index contributed by atoms with van der Waals surface area (Å²) in [5.41, 5.74) is 2.76. The van der Waals surface area contributed by atoms with Crippen LogP contribution < -0.4 is 0 Å². The van der Waals surface area contributed by atoms with Crippen molar-refractivity contribution in [2.24, 2.45) is 5.92 Å². The Morgan fingerprint density at radius 2 is 1.66 bits per heavy atom. The smallest absolute Gasteiger partial charge is 0.475 e. The molecule has 240 valence electrons. The normalized spacial score (nSPS) is 17.6. The lowest BCUT2D eigenvalue weighted by atomic mass is 9.82. The molecule has 3 aromatic rings. The number of nitrogens with one attached hydrogen (secondary N) is 1. The van der Waals surface area contributed by atoms with Crippen LogP contribution in [0.4, 0.5) is 26.3 Å². The van der Waals surface area contributed by atoms with Gasteiger partial charge < -0.3 is 29.7 Å². The summed E-state index contributed by atoms with van der Waals surface area (Å²) < 4.78 is 69.8. The molecule has 0 aliphatic carbocycles. The van der Waals surface area contributed by atoms with Gasteiger partial charge in [-0.25, -0.2) is 9.59 Å². The number of alkyl halides is 6. The summed E-state index contributed by atoms with van der Waals surface area (Å²) in [6.07, 6.45) is -4.26. The van der Waals surface area contributed by atoms with Crippen molar-refractivity contribution in [2.75, 3.05) is 33.3 Å². The van der Waals surface area contributed by atoms with E-state index in [4.69, 9.17) is 24.5 Å². The number of carboxylic acids is 2. The van der Waals surface area contributed by atoms with Gasteiger partial charge in [0.1, 0.15) is 11.3 Å². The maximum absolute atomic E-state index is 12.8. The molecular formula is C28H30F6N4O6. The predicted molar refractivity (Wildman–Crippen MR) is 144 cm³/mol. The highest BCUT2D eigenvalue weighted by molar-refractivity contribution is 5.98. The van der Waals surface area contributed by atoms with Gasteiger partial charge in [-0.1, -0.05) is 24.3 Å². The summed E-state index contributed by atoms with van der Waals surface area (Å²) in [5.74, 6) is -4.91. The highest BCUT2D eigenvalue weighted by Crippen LogP contribution is 2.37. The molecule has 1 spiro atoms. The number of carbonyl (C=O) groups excluding carboxylic acids is 1. The zero-order valence-electron chi connectivity index (χ0n) is 23.4. The second-order valence-electron chi connectivity index (χ2n) is 10.5. The molecule has 1 atom stereocenters. The van der Waals surface area contributed by atoms with Crippen LogP contribution in [0.3, 0.4) is 0 Å². The quantitative estimate of drug-likeness (QED) is 0.348.